The van der Waals surface area contributed by atoms with Crippen molar-refractivity contribution in [3.63, 3.8) is 0 Å². The van der Waals surface area contributed by atoms with Gasteiger partial charge >= 0.3 is 0 Å². The van der Waals surface area contributed by atoms with Crippen molar-refractivity contribution in [2.75, 3.05) is 0 Å². The third-order valence-electron chi connectivity index (χ3n) is 8.07. The molecule has 0 radical (unpaired) electrons. The molecule has 178 valence electrons. The van der Waals surface area contributed by atoms with Gasteiger partial charge in [0, 0.05) is 29.2 Å². The number of pyridine rings is 1. The maximum absolute atomic E-state index is 13.0. The summed E-state index contributed by atoms with van der Waals surface area (Å²) in [5.74, 6) is 0.974. The molecule has 1 aromatic heterocycles. The van der Waals surface area contributed by atoms with Crippen molar-refractivity contribution >= 4 is 33.5 Å². The predicted molar refractivity (Wildman–Crippen MR) is 133 cm³/mol. The van der Waals surface area contributed by atoms with Crippen LogP contribution in [-0.4, -0.2) is 28.9 Å². The lowest BCUT2D eigenvalue weighted by Gasteiger charge is -2.22. The SMILES string of the molecule is N#CC(Cc1ccc2c(c1)c(=O)[nH]c1c(C(=O)NC3CC3)cccc12)NC(=O)[C@H]1C[C@@H]2CC[C@H]1C2. The van der Waals surface area contributed by atoms with Crippen molar-refractivity contribution in [3.8, 4) is 6.07 Å². The van der Waals surface area contributed by atoms with Crippen molar-refractivity contribution in [2.45, 2.75) is 57.0 Å². The zero-order valence-corrected chi connectivity index (χ0v) is 19.5. The fraction of sp³-hybridized carbons (Fsp3) is 0.429. The van der Waals surface area contributed by atoms with E-state index in [4.69, 9.17) is 0 Å². The van der Waals surface area contributed by atoms with Crippen molar-refractivity contribution in [3.05, 3.63) is 57.9 Å². The van der Waals surface area contributed by atoms with Gasteiger partial charge in [-0.25, -0.2) is 0 Å². The summed E-state index contributed by atoms with van der Waals surface area (Å²) in [6.07, 6.45) is 6.73. The average molecular weight is 469 g/mol. The summed E-state index contributed by atoms with van der Waals surface area (Å²) >= 11 is 0. The van der Waals surface area contributed by atoms with E-state index in [2.05, 4.69) is 21.7 Å². The van der Waals surface area contributed by atoms with Crippen LogP contribution in [0.15, 0.2) is 41.2 Å². The molecule has 0 saturated heterocycles. The Balaban J connectivity index is 1.26. The standard InChI is InChI=1S/C28H28N4O3/c29-14-19(31-27(34)23-12-15-4-6-17(23)10-15)11-16-5-9-20-21-2-1-3-22(26(33)30-18-7-8-18)25(21)32-28(35)24(20)13-16/h1-3,5,9,13,15,17-19,23H,4,6-8,10-12H2,(H,30,33)(H,31,34)(H,32,35)/t15-,17+,19?,23+/m1/s1. The van der Waals surface area contributed by atoms with Crippen LogP contribution in [0.4, 0.5) is 0 Å². The van der Waals surface area contributed by atoms with E-state index in [-0.39, 0.29) is 29.3 Å². The number of fused-ring (bicyclic) bond motifs is 5. The number of aromatic amines is 1. The van der Waals surface area contributed by atoms with Gasteiger partial charge in [0.05, 0.1) is 17.1 Å². The highest BCUT2D eigenvalue weighted by molar-refractivity contribution is 6.13. The lowest BCUT2D eigenvalue weighted by molar-refractivity contribution is -0.126. The molecule has 3 N–H and O–H groups in total. The molecule has 3 aromatic rings. The van der Waals surface area contributed by atoms with Crippen molar-refractivity contribution in [1.82, 2.24) is 15.6 Å². The van der Waals surface area contributed by atoms with Gasteiger partial charge in [0.15, 0.2) is 0 Å². The van der Waals surface area contributed by atoms with Crippen molar-refractivity contribution in [1.29, 1.82) is 5.26 Å². The summed E-state index contributed by atoms with van der Waals surface area (Å²) in [7, 11) is 0. The van der Waals surface area contributed by atoms with Gasteiger partial charge in [-0.05, 0) is 67.0 Å². The zero-order chi connectivity index (χ0) is 24.1. The Morgan fingerprint density at radius 1 is 1.06 bits per heavy atom. The topological polar surface area (TPSA) is 115 Å². The molecule has 3 fully saturated rings. The molecule has 4 atom stereocenters. The molecule has 1 heterocycles. The fourth-order valence-corrected chi connectivity index (χ4v) is 6.12. The Bertz CT molecular complexity index is 1450. The van der Waals surface area contributed by atoms with Gasteiger partial charge < -0.3 is 15.6 Å². The molecule has 3 aliphatic carbocycles. The molecule has 3 aliphatic rings. The second kappa shape index (κ2) is 8.53. The first-order valence-corrected chi connectivity index (χ1v) is 12.6. The number of H-pyrrole nitrogens is 1. The molecule has 6 rings (SSSR count). The van der Waals surface area contributed by atoms with E-state index in [0.717, 1.165) is 48.4 Å². The number of amides is 2. The normalized spacial score (nSPS) is 23.8. The quantitative estimate of drug-likeness (QED) is 0.480. The lowest BCUT2D eigenvalue weighted by atomic mass is 9.88. The molecule has 1 unspecified atom stereocenters. The van der Waals surface area contributed by atoms with E-state index in [1.165, 1.54) is 6.42 Å². The van der Waals surface area contributed by atoms with Gasteiger partial charge in [-0.1, -0.05) is 30.7 Å². The number of aromatic nitrogens is 1. The molecule has 7 heteroatoms. The minimum Gasteiger partial charge on any atom is -0.349 e. The molecule has 2 amide bonds. The average Bonchev–Trinajstić information content (AvgIpc) is 3.41. The van der Waals surface area contributed by atoms with Gasteiger partial charge in [0.25, 0.3) is 11.5 Å². The first-order valence-electron chi connectivity index (χ1n) is 12.6. The van der Waals surface area contributed by atoms with Crippen LogP contribution in [-0.2, 0) is 11.2 Å². The third kappa shape index (κ3) is 4.07. The molecule has 2 aromatic carbocycles. The minimum absolute atomic E-state index is 0.00890. The molecular formula is C28H28N4O3. The number of hydrogen-bond acceptors (Lipinski definition) is 4. The minimum atomic E-state index is -0.642. The smallest absolute Gasteiger partial charge is 0.256 e. The molecule has 35 heavy (non-hydrogen) atoms. The summed E-state index contributed by atoms with van der Waals surface area (Å²) in [5, 5.41) is 17.7. The third-order valence-corrected chi connectivity index (χ3v) is 8.07. The molecule has 0 aliphatic heterocycles. The summed E-state index contributed by atoms with van der Waals surface area (Å²) in [6.45, 7) is 0. The number of carbonyl (C=O) groups excluding carboxylic acids is 2. The molecular weight excluding hydrogens is 440 g/mol. The highest BCUT2D eigenvalue weighted by atomic mass is 16.2. The van der Waals surface area contributed by atoms with Crippen LogP contribution in [0.1, 0.15) is 54.4 Å². The van der Waals surface area contributed by atoms with Gasteiger partial charge in [-0.15, -0.1) is 0 Å². The van der Waals surface area contributed by atoms with Crippen LogP contribution in [0, 0.1) is 29.1 Å². The molecule has 2 bridgehead atoms. The van der Waals surface area contributed by atoms with Crippen LogP contribution in [0.2, 0.25) is 0 Å². The number of nitriles is 1. The Hall–Kier alpha value is -3.66. The second-order valence-corrected chi connectivity index (χ2v) is 10.5. The highest BCUT2D eigenvalue weighted by Crippen LogP contribution is 2.48. The largest absolute Gasteiger partial charge is 0.349 e. The van der Waals surface area contributed by atoms with Crippen LogP contribution < -0.4 is 16.2 Å². The Labute approximate surface area is 202 Å². The first-order chi connectivity index (χ1) is 17.0. The van der Waals surface area contributed by atoms with E-state index in [0.29, 0.717) is 34.7 Å². The number of carbonyl (C=O) groups is 2. The van der Waals surface area contributed by atoms with E-state index in [9.17, 15) is 19.6 Å². The summed E-state index contributed by atoms with van der Waals surface area (Å²) in [5.41, 5.74) is 1.53. The Kier molecular flexibility index (Phi) is 5.32. The number of para-hydroxylation sites is 1. The monoisotopic (exact) mass is 468 g/mol. The number of nitrogens with zero attached hydrogens (tertiary/aromatic N) is 1. The Morgan fingerprint density at radius 2 is 1.91 bits per heavy atom. The maximum Gasteiger partial charge on any atom is 0.256 e. The van der Waals surface area contributed by atoms with E-state index >= 15 is 0 Å². The fourth-order valence-electron chi connectivity index (χ4n) is 6.12. The van der Waals surface area contributed by atoms with Gasteiger partial charge in [0.2, 0.25) is 5.91 Å². The number of hydrogen-bond donors (Lipinski definition) is 3. The second-order valence-electron chi connectivity index (χ2n) is 10.5. The lowest BCUT2D eigenvalue weighted by Crippen LogP contribution is -2.41. The van der Waals surface area contributed by atoms with Crippen LogP contribution in [0.3, 0.4) is 0 Å². The van der Waals surface area contributed by atoms with E-state index in [1.807, 2.05) is 24.3 Å². The van der Waals surface area contributed by atoms with Crippen LogP contribution in [0.5, 0.6) is 0 Å². The summed E-state index contributed by atoms with van der Waals surface area (Å²) in [6, 6.07) is 12.8. The van der Waals surface area contributed by atoms with Crippen LogP contribution in [0.25, 0.3) is 21.7 Å². The van der Waals surface area contributed by atoms with Gasteiger partial charge in [-0.3, -0.25) is 14.4 Å². The number of benzene rings is 2. The predicted octanol–water partition coefficient (Wildman–Crippen LogP) is 3.56. The molecule has 3 saturated carbocycles. The number of nitrogens with one attached hydrogen (secondary N) is 3. The van der Waals surface area contributed by atoms with Crippen molar-refractivity contribution in [2.24, 2.45) is 17.8 Å². The van der Waals surface area contributed by atoms with Crippen LogP contribution >= 0.6 is 0 Å². The van der Waals surface area contributed by atoms with Gasteiger partial charge in [-0.2, -0.15) is 5.26 Å². The molecule has 7 nitrogen and oxygen atoms in total. The number of rotatable bonds is 6. The summed E-state index contributed by atoms with van der Waals surface area (Å²) in [4.78, 5) is 41.4. The summed E-state index contributed by atoms with van der Waals surface area (Å²) < 4.78 is 0. The zero-order valence-electron chi connectivity index (χ0n) is 19.5. The van der Waals surface area contributed by atoms with Crippen molar-refractivity contribution < 1.29 is 9.59 Å². The van der Waals surface area contributed by atoms with E-state index < -0.39 is 6.04 Å². The highest BCUT2D eigenvalue weighted by Gasteiger charge is 2.43. The van der Waals surface area contributed by atoms with Gasteiger partial charge in [0.1, 0.15) is 6.04 Å². The maximum atomic E-state index is 13.0. The van der Waals surface area contributed by atoms with E-state index in [1.54, 1.807) is 12.1 Å². The Morgan fingerprint density at radius 3 is 2.63 bits per heavy atom. The first kappa shape index (κ1) is 21.8. The molecule has 0 spiro atoms.